The van der Waals surface area contributed by atoms with E-state index >= 15 is 0 Å². The fourth-order valence-corrected chi connectivity index (χ4v) is 3.41. The van der Waals surface area contributed by atoms with Crippen LogP contribution in [-0.4, -0.2) is 41.7 Å². The zero-order valence-electron chi connectivity index (χ0n) is 11.7. The van der Waals surface area contributed by atoms with E-state index in [1.807, 2.05) is 13.8 Å². The summed E-state index contributed by atoms with van der Waals surface area (Å²) in [5, 5.41) is 3.94. The summed E-state index contributed by atoms with van der Waals surface area (Å²) < 4.78 is 30.6. The van der Waals surface area contributed by atoms with Crippen LogP contribution >= 0.6 is 0 Å². The summed E-state index contributed by atoms with van der Waals surface area (Å²) in [5.41, 5.74) is 0. The van der Waals surface area contributed by atoms with Gasteiger partial charge in [0.25, 0.3) is 0 Å². The van der Waals surface area contributed by atoms with Gasteiger partial charge in [0.2, 0.25) is 15.9 Å². The van der Waals surface area contributed by atoms with Crippen molar-refractivity contribution in [2.75, 3.05) is 18.8 Å². The second kappa shape index (κ2) is 5.58. The SMILES string of the molecule is CCS(=O)(=O)N1CCC[C@H](c2nc(C(C)C)no2)C1. The Bertz CT molecular complexity index is 524. The Labute approximate surface area is 114 Å². The van der Waals surface area contributed by atoms with E-state index in [0.29, 0.717) is 24.8 Å². The van der Waals surface area contributed by atoms with Crippen LogP contribution in [0.3, 0.4) is 0 Å². The third kappa shape index (κ3) is 3.14. The van der Waals surface area contributed by atoms with Crippen molar-refractivity contribution in [1.82, 2.24) is 14.4 Å². The van der Waals surface area contributed by atoms with E-state index in [0.717, 1.165) is 12.8 Å². The van der Waals surface area contributed by atoms with Gasteiger partial charge in [0.15, 0.2) is 5.82 Å². The predicted octanol–water partition coefficient (Wildman–Crippen LogP) is 1.72. The second-order valence-electron chi connectivity index (χ2n) is 5.24. The lowest BCUT2D eigenvalue weighted by Crippen LogP contribution is -2.39. The molecule has 1 aromatic heterocycles. The molecular weight excluding hydrogens is 266 g/mol. The van der Waals surface area contributed by atoms with Gasteiger partial charge < -0.3 is 4.52 Å². The highest BCUT2D eigenvalue weighted by Gasteiger charge is 2.31. The quantitative estimate of drug-likeness (QED) is 0.842. The molecule has 2 heterocycles. The molecule has 6 nitrogen and oxygen atoms in total. The maximum atomic E-state index is 11.9. The minimum Gasteiger partial charge on any atom is -0.339 e. The largest absolute Gasteiger partial charge is 0.339 e. The first-order valence-corrected chi connectivity index (χ1v) is 8.36. The molecule has 1 atom stereocenters. The predicted molar refractivity (Wildman–Crippen MR) is 71.4 cm³/mol. The minimum absolute atomic E-state index is 0.0232. The highest BCUT2D eigenvalue weighted by molar-refractivity contribution is 7.89. The number of aromatic nitrogens is 2. The Hall–Kier alpha value is -0.950. The number of piperidine rings is 1. The van der Waals surface area contributed by atoms with Gasteiger partial charge in [-0.05, 0) is 19.8 Å². The minimum atomic E-state index is -3.13. The Morgan fingerprint density at radius 3 is 2.79 bits per heavy atom. The van der Waals surface area contributed by atoms with Gasteiger partial charge in [-0.25, -0.2) is 12.7 Å². The molecule has 0 saturated carbocycles. The number of hydrogen-bond acceptors (Lipinski definition) is 5. The normalized spacial score (nSPS) is 22.0. The average Bonchev–Trinajstić information content (AvgIpc) is 2.89. The van der Waals surface area contributed by atoms with Crippen LogP contribution in [0.15, 0.2) is 4.52 Å². The van der Waals surface area contributed by atoms with Crippen LogP contribution in [0.1, 0.15) is 57.2 Å². The number of sulfonamides is 1. The summed E-state index contributed by atoms with van der Waals surface area (Å²) >= 11 is 0. The van der Waals surface area contributed by atoms with Crippen LogP contribution < -0.4 is 0 Å². The lowest BCUT2D eigenvalue weighted by Gasteiger charge is -2.29. The van der Waals surface area contributed by atoms with E-state index in [1.165, 1.54) is 0 Å². The molecule has 1 saturated heterocycles. The van der Waals surface area contributed by atoms with Gasteiger partial charge >= 0.3 is 0 Å². The number of hydrogen-bond donors (Lipinski definition) is 0. The molecule has 1 fully saturated rings. The first kappa shape index (κ1) is 14.5. The fourth-order valence-electron chi connectivity index (χ4n) is 2.23. The van der Waals surface area contributed by atoms with Gasteiger partial charge in [0, 0.05) is 19.0 Å². The second-order valence-corrected chi connectivity index (χ2v) is 7.50. The smallest absolute Gasteiger partial charge is 0.231 e. The van der Waals surface area contributed by atoms with Crippen molar-refractivity contribution in [3.63, 3.8) is 0 Å². The molecule has 0 unspecified atom stereocenters. The summed E-state index contributed by atoms with van der Waals surface area (Å²) in [5.74, 6) is 1.64. The molecule has 0 N–H and O–H groups in total. The van der Waals surface area contributed by atoms with E-state index in [9.17, 15) is 8.42 Å². The molecule has 7 heteroatoms. The molecule has 0 aromatic carbocycles. The van der Waals surface area contributed by atoms with E-state index < -0.39 is 10.0 Å². The Kier molecular flexibility index (Phi) is 4.25. The zero-order chi connectivity index (χ0) is 14.0. The standard InChI is InChI=1S/C12H21N3O3S/c1-4-19(16,17)15-7-5-6-10(8-15)12-13-11(9(2)3)14-18-12/h9-10H,4-8H2,1-3H3/t10-/m0/s1. The Morgan fingerprint density at radius 1 is 1.47 bits per heavy atom. The van der Waals surface area contributed by atoms with Crippen LogP contribution in [0, 0.1) is 0 Å². The summed E-state index contributed by atoms with van der Waals surface area (Å²) in [6, 6.07) is 0. The van der Waals surface area contributed by atoms with Crippen LogP contribution in [0.25, 0.3) is 0 Å². The van der Waals surface area contributed by atoms with Crippen molar-refractivity contribution in [2.24, 2.45) is 0 Å². The van der Waals surface area contributed by atoms with Crippen molar-refractivity contribution < 1.29 is 12.9 Å². The molecule has 0 amide bonds. The summed E-state index contributed by atoms with van der Waals surface area (Å²) in [6.45, 7) is 6.73. The topological polar surface area (TPSA) is 76.3 Å². The monoisotopic (exact) mass is 287 g/mol. The molecular formula is C12H21N3O3S. The Balaban J connectivity index is 2.12. The van der Waals surface area contributed by atoms with Gasteiger partial charge in [-0.2, -0.15) is 4.98 Å². The van der Waals surface area contributed by atoms with E-state index in [-0.39, 0.29) is 17.6 Å². The zero-order valence-corrected chi connectivity index (χ0v) is 12.5. The van der Waals surface area contributed by atoms with Crippen LogP contribution in [0.5, 0.6) is 0 Å². The van der Waals surface area contributed by atoms with E-state index in [1.54, 1.807) is 11.2 Å². The van der Waals surface area contributed by atoms with E-state index in [2.05, 4.69) is 10.1 Å². The average molecular weight is 287 g/mol. The molecule has 1 aromatic rings. The Morgan fingerprint density at radius 2 is 2.21 bits per heavy atom. The van der Waals surface area contributed by atoms with Crippen LogP contribution in [0.4, 0.5) is 0 Å². The molecule has 2 rings (SSSR count). The van der Waals surface area contributed by atoms with Crippen LogP contribution in [-0.2, 0) is 10.0 Å². The highest BCUT2D eigenvalue weighted by atomic mass is 32.2. The third-order valence-electron chi connectivity index (χ3n) is 3.47. The maximum absolute atomic E-state index is 11.9. The van der Waals surface area contributed by atoms with Crippen molar-refractivity contribution in [1.29, 1.82) is 0 Å². The lowest BCUT2D eigenvalue weighted by atomic mass is 10.00. The van der Waals surface area contributed by atoms with Gasteiger partial charge in [0.1, 0.15) is 0 Å². The first-order chi connectivity index (χ1) is 8.94. The van der Waals surface area contributed by atoms with Crippen molar-refractivity contribution in [3.8, 4) is 0 Å². The van der Waals surface area contributed by atoms with Gasteiger partial charge in [-0.3, -0.25) is 0 Å². The number of rotatable bonds is 4. The summed E-state index contributed by atoms with van der Waals surface area (Å²) in [6.07, 6.45) is 1.73. The van der Waals surface area contributed by atoms with Gasteiger partial charge in [-0.1, -0.05) is 19.0 Å². The maximum Gasteiger partial charge on any atom is 0.231 e. The molecule has 19 heavy (non-hydrogen) atoms. The summed E-state index contributed by atoms with van der Waals surface area (Å²) in [4.78, 5) is 4.38. The van der Waals surface area contributed by atoms with E-state index in [4.69, 9.17) is 4.52 Å². The van der Waals surface area contributed by atoms with Crippen LogP contribution in [0.2, 0.25) is 0 Å². The summed E-state index contributed by atoms with van der Waals surface area (Å²) in [7, 11) is -3.13. The lowest BCUT2D eigenvalue weighted by molar-refractivity contribution is 0.265. The number of nitrogens with zero attached hydrogens (tertiary/aromatic N) is 3. The first-order valence-electron chi connectivity index (χ1n) is 6.75. The fraction of sp³-hybridized carbons (Fsp3) is 0.833. The molecule has 0 aliphatic carbocycles. The van der Waals surface area contributed by atoms with Crippen molar-refractivity contribution in [3.05, 3.63) is 11.7 Å². The molecule has 1 aliphatic rings. The molecule has 1 aliphatic heterocycles. The molecule has 0 spiro atoms. The molecule has 0 radical (unpaired) electrons. The third-order valence-corrected chi connectivity index (χ3v) is 5.31. The van der Waals surface area contributed by atoms with Crippen molar-refractivity contribution in [2.45, 2.75) is 45.4 Å². The van der Waals surface area contributed by atoms with Gasteiger partial charge in [-0.15, -0.1) is 0 Å². The highest BCUT2D eigenvalue weighted by Crippen LogP contribution is 2.28. The molecule has 108 valence electrons. The van der Waals surface area contributed by atoms with Crippen molar-refractivity contribution >= 4 is 10.0 Å². The molecule has 0 bridgehead atoms. The van der Waals surface area contributed by atoms with Gasteiger partial charge in [0.05, 0.1) is 11.7 Å².